The number of fused-ring (bicyclic) bond motifs is 1. The fraction of sp³-hybridized carbons (Fsp3) is 0.478. The molecule has 3 N–H and O–H groups in total. The largest absolute Gasteiger partial charge is 0.394 e. The quantitative estimate of drug-likeness (QED) is 0.453. The van der Waals surface area contributed by atoms with Gasteiger partial charge in [-0.1, -0.05) is 39.0 Å². The number of hydrogen-bond donors (Lipinski definition) is 3. The summed E-state index contributed by atoms with van der Waals surface area (Å²) in [5.41, 5.74) is -0.763. The molecule has 0 bridgehead atoms. The molecule has 182 valence electrons. The summed E-state index contributed by atoms with van der Waals surface area (Å²) in [6, 6.07) is 8.80. The number of anilines is 1. The first-order valence-electron chi connectivity index (χ1n) is 11.2. The topological polar surface area (TPSA) is 132 Å². The molecule has 4 rings (SSSR count). The van der Waals surface area contributed by atoms with E-state index in [-0.39, 0.29) is 24.8 Å². The third-order valence-electron chi connectivity index (χ3n) is 6.20. The summed E-state index contributed by atoms with van der Waals surface area (Å²) in [5, 5.41) is 24.5. The van der Waals surface area contributed by atoms with Gasteiger partial charge in [0, 0.05) is 5.56 Å². The van der Waals surface area contributed by atoms with E-state index in [9.17, 15) is 15.0 Å². The van der Waals surface area contributed by atoms with Gasteiger partial charge >= 0.3 is 0 Å². The monoisotopic (exact) mass is 485 g/mol. The van der Waals surface area contributed by atoms with Crippen molar-refractivity contribution in [2.24, 2.45) is 5.41 Å². The third-order valence-corrected chi connectivity index (χ3v) is 7.04. The number of nitrogens with zero attached hydrogens (tertiary/aromatic N) is 4. The van der Waals surface area contributed by atoms with Crippen LogP contribution in [0.4, 0.5) is 5.82 Å². The van der Waals surface area contributed by atoms with Crippen LogP contribution in [0.15, 0.2) is 43.0 Å². The van der Waals surface area contributed by atoms with Gasteiger partial charge in [0.1, 0.15) is 24.4 Å². The number of carbonyl (C=O) groups excluding carboxylic acids is 1. The highest BCUT2D eigenvalue weighted by atomic mass is 28.3. The van der Waals surface area contributed by atoms with Crippen LogP contribution >= 0.6 is 0 Å². The van der Waals surface area contributed by atoms with Crippen LogP contribution in [0.5, 0.6) is 0 Å². The SMILES string of the molecule is C[SiH](C)O[C@]1(n2cnc3c(NC(=O)c4ccccc4)ncnc32)C[C@@](O)(C(C)(C)C)[C@@H](CO)O1. The molecule has 0 saturated carbocycles. The number of aliphatic hydroxyl groups is 2. The summed E-state index contributed by atoms with van der Waals surface area (Å²) in [7, 11) is -1.72. The Hall–Kier alpha value is -2.70. The van der Waals surface area contributed by atoms with Crippen LogP contribution in [-0.2, 0) is 15.1 Å². The first kappa shape index (κ1) is 24.4. The fourth-order valence-electron chi connectivity index (χ4n) is 4.33. The zero-order valence-electron chi connectivity index (χ0n) is 20.0. The molecule has 1 saturated heterocycles. The van der Waals surface area contributed by atoms with Crippen molar-refractivity contribution in [3.63, 3.8) is 0 Å². The molecule has 34 heavy (non-hydrogen) atoms. The van der Waals surface area contributed by atoms with Gasteiger partial charge in [0.05, 0.1) is 13.0 Å². The van der Waals surface area contributed by atoms with Crippen LogP contribution in [0, 0.1) is 5.41 Å². The van der Waals surface area contributed by atoms with E-state index >= 15 is 0 Å². The molecule has 0 unspecified atom stereocenters. The standard InChI is InChI=1S/C23H31N5O5Si/c1-21(2,3)22(31)12-23(33-34(4)5,32-16(22)11-29)28-14-26-17-18(24-13-25-19(17)28)27-20(30)15-9-7-6-8-10-15/h6-10,13-14,16,29,31,34H,11-12H2,1-5H3,(H,24,25,27,30)/t16-,22+,23+/m1/s1. The smallest absolute Gasteiger partial charge is 0.256 e. The minimum Gasteiger partial charge on any atom is -0.394 e. The van der Waals surface area contributed by atoms with Gasteiger partial charge in [-0.2, -0.15) is 0 Å². The Morgan fingerprint density at radius 1 is 1.26 bits per heavy atom. The molecule has 0 spiro atoms. The zero-order valence-corrected chi connectivity index (χ0v) is 21.2. The van der Waals surface area contributed by atoms with E-state index in [2.05, 4.69) is 20.3 Å². The Labute approximate surface area is 199 Å². The van der Waals surface area contributed by atoms with Gasteiger partial charge in [-0.15, -0.1) is 0 Å². The number of carbonyl (C=O) groups is 1. The zero-order chi connectivity index (χ0) is 24.7. The molecule has 11 heteroatoms. The molecule has 1 amide bonds. The summed E-state index contributed by atoms with van der Waals surface area (Å²) in [5.74, 6) is -1.49. The van der Waals surface area contributed by atoms with E-state index < -0.39 is 32.1 Å². The van der Waals surface area contributed by atoms with Crippen LogP contribution in [0.3, 0.4) is 0 Å². The molecule has 0 radical (unpaired) electrons. The van der Waals surface area contributed by atoms with E-state index in [1.165, 1.54) is 12.7 Å². The van der Waals surface area contributed by atoms with Crippen LogP contribution in [0.1, 0.15) is 37.6 Å². The van der Waals surface area contributed by atoms with Crippen LogP contribution in [0.25, 0.3) is 11.2 Å². The Balaban J connectivity index is 1.78. The van der Waals surface area contributed by atoms with E-state index in [1.54, 1.807) is 28.8 Å². The Morgan fingerprint density at radius 2 is 1.97 bits per heavy atom. The van der Waals surface area contributed by atoms with Crippen molar-refractivity contribution in [3.8, 4) is 0 Å². The van der Waals surface area contributed by atoms with Crippen molar-refractivity contribution in [1.29, 1.82) is 0 Å². The van der Waals surface area contributed by atoms with Crippen molar-refractivity contribution >= 4 is 31.9 Å². The number of aliphatic hydroxyl groups excluding tert-OH is 1. The molecular weight excluding hydrogens is 454 g/mol. The van der Waals surface area contributed by atoms with Crippen molar-refractivity contribution < 1.29 is 24.2 Å². The van der Waals surface area contributed by atoms with E-state index in [0.717, 1.165) is 0 Å². The van der Waals surface area contributed by atoms with Gasteiger partial charge in [0.2, 0.25) is 0 Å². The molecular formula is C23H31N5O5Si. The van der Waals surface area contributed by atoms with Gasteiger partial charge in [-0.25, -0.2) is 15.0 Å². The van der Waals surface area contributed by atoms with Gasteiger partial charge in [0.25, 0.3) is 11.8 Å². The molecule has 1 aromatic carbocycles. The number of amides is 1. The lowest BCUT2D eigenvalue weighted by Crippen LogP contribution is -2.51. The van der Waals surface area contributed by atoms with Crippen LogP contribution < -0.4 is 5.32 Å². The molecule has 3 heterocycles. The van der Waals surface area contributed by atoms with Crippen molar-refractivity contribution in [1.82, 2.24) is 19.5 Å². The molecule has 0 aliphatic carbocycles. The average Bonchev–Trinajstić information content (AvgIpc) is 3.34. The van der Waals surface area contributed by atoms with E-state index in [4.69, 9.17) is 9.16 Å². The Kier molecular flexibility index (Phi) is 6.34. The highest BCUT2D eigenvalue weighted by Crippen LogP contribution is 2.51. The number of imidazole rings is 1. The second-order valence-electron chi connectivity index (χ2n) is 9.85. The van der Waals surface area contributed by atoms with Crippen molar-refractivity contribution in [3.05, 3.63) is 48.5 Å². The van der Waals surface area contributed by atoms with Gasteiger partial charge in [-0.3, -0.25) is 9.36 Å². The molecule has 3 aromatic rings. The van der Waals surface area contributed by atoms with Crippen molar-refractivity contribution in [2.75, 3.05) is 11.9 Å². The Morgan fingerprint density at radius 3 is 2.56 bits per heavy atom. The lowest BCUT2D eigenvalue weighted by Gasteiger charge is -2.39. The Bertz CT molecular complexity index is 1180. The van der Waals surface area contributed by atoms with E-state index in [1.807, 2.05) is 39.9 Å². The maximum atomic E-state index is 12.7. The van der Waals surface area contributed by atoms with Crippen LogP contribution in [-0.4, -0.2) is 63.0 Å². The molecule has 10 nitrogen and oxygen atoms in total. The second kappa shape index (κ2) is 8.82. The molecule has 1 aliphatic rings. The van der Waals surface area contributed by atoms with Crippen molar-refractivity contribution in [2.45, 2.75) is 57.9 Å². The van der Waals surface area contributed by atoms with Gasteiger partial charge in [0.15, 0.2) is 26.0 Å². The fourth-order valence-corrected chi connectivity index (χ4v) is 5.32. The number of benzene rings is 1. The third kappa shape index (κ3) is 4.14. The molecule has 2 aromatic heterocycles. The maximum absolute atomic E-state index is 12.7. The first-order valence-corrected chi connectivity index (χ1v) is 14.0. The van der Waals surface area contributed by atoms with Crippen LogP contribution in [0.2, 0.25) is 13.1 Å². The van der Waals surface area contributed by atoms with E-state index in [0.29, 0.717) is 16.7 Å². The number of nitrogens with one attached hydrogen (secondary N) is 1. The number of rotatable bonds is 6. The summed E-state index contributed by atoms with van der Waals surface area (Å²) in [4.78, 5) is 25.8. The number of ether oxygens (including phenoxy) is 1. The average molecular weight is 486 g/mol. The lowest BCUT2D eigenvalue weighted by molar-refractivity contribution is -0.240. The summed E-state index contributed by atoms with van der Waals surface area (Å²) >= 11 is 0. The minimum absolute atomic E-state index is 0.0705. The molecule has 1 fully saturated rings. The predicted octanol–water partition coefficient (Wildman–Crippen LogP) is 2.25. The molecule has 3 atom stereocenters. The van der Waals surface area contributed by atoms with Gasteiger partial charge < -0.3 is 24.7 Å². The predicted molar refractivity (Wildman–Crippen MR) is 129 cm³/mol. The summed E-state index contributed by atoms with van der Waals surface area (Å²) < 4.78 is 14.3. The molecule has 1 aliphatic heterocycles. The maximum Gasteiger partial charge on any atom is 0.256 e. The summed E-state index contributed by atoms with van der Waals surface area (Å²) in [6.07, 6.45) is 2.03. The number of hydrogen-bond acceptors (Lipinski definition) is 8. The lowest BCUT2D eigenvalue weighted by atomic mass is 9.72. The van der Waals surface area contributed by atoms with Gasteiger partial charge in [-0.05, 0) is 30.6 Å². The summed E-state index contributed by atoms with van der Waals surface area (Å²) in [6.45, 7) is 9.30. The highest BCUT2D eigenvalue weighted by molar-refractivity contribution is 6.48. The highest BCUT2D eigenvalue weighted by Gasteiger charge is 2.62. The normalized spacial score (nSPS) is 25.2. The second-order valence-corrected chi connectivity index (χ2v) is 12.2. The number of aromatic nitrogens is 4. The first-order chi connectivity index (χ1) is 16.0. The minimum atomic E-state index is -1.72.